The van der Waals surface area contributed by atoms with E-state index in [-0.39, 0.29) is 18.4 Å². The molecular formula is C21H20N4O. The first-order valence-corrected chi connectivity index (χ1v) is 8.64. The summed E-state index contributed by atoms with van der Waals surface area (Å²) in [4.78, 5) is 17.0. The molecule has 5 heteroatoms. The van der Waals surface area contributed by atoms with Gasteiger partial charge < -0.3 is 15.5 Å². The van der Waals surface area contributed by atoms with Crippen molar-refractivity contribution in [3.63, 3.8) is 0 Å². The summed E-state index contributed by atoms with van der Waals surface area (Å²) in [6.07, 6.45) is 2.25. The quantitative estimate of drug-likeness (QED) is 0.584. The van der Waals surface area contributed by atoms with Gasteiger partial charge in [-0.05, 0) is 29.8 Å². The van der Waals surface area contributed by atoms with E-state index in [0.717, 1.165) is 27.8 Å². The highest BCUT2D eigenvalue weighted by molar-refractivity contribution is 5.80. The van der Waals surface area contributed by atoms with Crippen LogP contribution in [0.2, 0.25) is 0 Å². The number of nitrogens with two attached hydrogens (primary N) is 1. The van der Waals surface area contributed by atoms with Crippen LogP contribution in [0.1, 0.15) is 23.7 Å². The van der Waals surface area contributed by atoms with Crippen LogP contribution in [0.4, 0.5) is 0 Å². The molecule has 2 heterocycles. The molecule has 2 aromatic heterocycles. The molecule has 26 heavy (non-hydrogen) atoms. The largest absolute Gasteiger partial charge is 0.350 e. The normalized spacial score (nSPS) is 12.3. The molecule has 1 unspecified atom stereocenters. The van der Waals surface area contributed by atoms with Crippen LogP contribution in [0.5, 0.6) is 0 Å². The number of fused-ring (bicyclic) bond motifs is 3. The molecule has 5 nitrogen and oxygen atoms in total. The summed E-state index contributed by atoms with van der Waals surface area (Å²) >= 11 is 0. The van der Waals surface area contributed by atoms with Gasteiger partial charge >= 0.3 is 0 Å². The van der Waals surface area contributed by atoms with Gasteiger partial charge in [-0.15, -0.1) is 0 Å². The Morgan fingerprint density at radius 2 is 1.73 bits per heavy atom. The number of nitrogens with one attached hydrogen (secondary N) is 1. The van der Waals surface area contributed by atoms with Gasteiger partial charge in [-0.25, -0.2) is 4.98 Å². The number of aromatic nitrogens is 2. The molecule has 0 bridgehead atoms. The summed E-state index contributed by atoms with van der Waals surface area (Å²) in [5.41, 5.74) is 10.9. The molecule has 4 aromatic rings. The lowest BCUT2D eigenvalue weighted by atomic mass is 10.0. The molecule has 0 spiro atoms. The number of benzene rings is 2. The average molecular weight is 344 g/mol. The van der Waals surface area contributed by atoms with Crippen LogP contribution in [-0.4, -0.2) is 15.3 Å². The molecule has 4 rings (SSSR count). The van der Waals surface area contributed by atoms with Gasteiger partial charge in [-0.3, -0.25) is 4.79 Å². The Morgan fingerprint density at radius 1 is 1.00 bits per heavy atom. The van der Waals surface area contributed by atoms with E-state index in [1.54, 1.807) is 0 Å². The van der Waals surface area contributed by atoms with E-state index < -0.39 is 0 Å². The lowest BCUT2D eigenvalue weighted by Gasteiger charge is -2.13. The Balaban J connectivity index is 1.50. The van der Waals surface area contributed by atoms with E-state index in [1.165, 1.54) is 0 Å². The van der Waals surface area contributed by atoms with Crippen molar-refractivity contribution in [2.24, 2.45) is 5.73 Å². The van der Waals surface area contributed by atoms with Crippen LogP contribution in [0, 0.1) is 0 Å². The van der Waals surface area contributed by atoms with Gasteiger partial charge in [0.1, 0.15) is 0 Å². The van der Waals surface area contributed by atoms with Gasteiger partial charge in [0.2, 0.25) is 5.91 Å². The zero-order chi connectivity index (χ0) is 17.9. The highest BCUT2D eigenvalue weighted by Gasteiger charge is 2.13. The maximum Gasteiger partial charge on any atom is 0.222 e. The Kier molecular flexibility index (Phi) is 4.37. The van der Waals surface area contributed by atoms with Crippen molar-refractivity contribution in [1.82, 2.24) is 14.7 Å². The average Bonchev–Trinajstić information content (AvgIpc) is 3.17. The van der Waals surface area contributed by atoms with Crippen molar-refractivity contribution in [2.75, 3.05) is 0 Å². The van der Waals surface area contributed by atoms with E-state index in [9.17, 15) is 4.79 Å². The first-order valence-electron chi connectivity index (χ1n) is 8.64. The first kappa shape index (κ1) is 16.3. The molecular weight excluding hydrogens is 324 g/mol. The Hall–Kier alpha value is -3.18. The number of carbonyl (C=O) groups is 1. The zero-order valence-electron chi connectivity index (χ0n) is 14.3. The minimum atomic E-state index is -0.311. The molecule has 1 amide bonds. The highest BCUT2D eigenvalue weighted by atomic mass is 16.1. The fourth-order valence-corrected chi connectivity index (χ4v) is 3.19. The monoisotopic (exact) mass is 344 g/mol. The molecule has 0 aliphatic carbocycles. The van der Waals surface area contributed by atoms with E-state index in [0.29, 0.717) is 6.54 Å². The summed E-state index contributed by atoms with van der Waals surface area (Å²) in [6.45, 7) is 0.374. The van der Waals surface area contributed by atoms with Crippen molar-refractivity contribution >= 4 is 22.5 Å². The van der Waals surface area contributed by atoms with Gasteiger partial charge in [0.25, 0.3) is 0 Å². The third kappa shape index (κ3) is 3.17. The van der Waals surface area contributed by atoms with Gasteiger partial charge in [-0.1, -0.05) is 42.5 Å². The predicted molar refractivity (Wildman–Crippen MR) is 103 cm³/mol. The van der Waals surface area contributed by atoms with Crippen molar-refractivity contribution in [3.05, 3.63) is 84.2 Å². The number of para-hydroxylation sites is 2. The third-order valence-corrected chi connectivity index (χ3v) is 4.53. The number of hydrogen-bond donors (Lipinski definition) is 2. The summed E-state index contributed by atoms with van der Waals surface area (Å²) in [5.74, 6) is -0.0824. The molecule has 0 fully saturated rings. The van der Waals surface area contributed by atoms with Crippen LogP contribution in [0.25, 0.3) is 16.6 Å². The number of nitrogens with zero attached hydrogens (tertiary/aromatic N) is 2. The minimum absolute atomic E-state index is 0.0824. The van der Waals surface area contributed by atoms with Crippen LogP contribution < -0.4 is 11.1 Å². The number of amides is 1. The number of hydrogen-bond acceptors (Lipinski definition) is 3. The summed E-state index contributed by atoms with van der Waals surface area (Å²) in [7, 11) is 0. The SMILES string of the molecule is NC(CC(=O)NCc1nc2ccccc2n2cccc12)c1ccccc1. The minimum Gasteiger partial charge on any atom is -0.350 e. The number of rotatable bonds is 5. The predicted octanol–water partition coefficient (Wildman–Crippen LogP) is 3.19. The molecule has 0 aliphatic rings. The van der Waals surface area contributed by atoms with Crippen molar-refractivity contribution < 1.29 is 4.79 Å². The van der Waals surface area contributed by atoms with Crippen LogP contribution in [-0.2, 0) is 11.3 Å². The standard InChI is InChI=1S/C21H20N4O/c22-16(15-7-2-1-3-8-15)13-21(26)23-14-18-20-11-6-12-25(20)19-10-5-4-9-17(19)24-18/h1-12,16H,13-14,22H2,(H,23,26). The van der Waals surface area contributed by atoms with E-state index in [2.05, 4.69) is 9.72 Å². The molecule has 0 aliphatic heterocycles. The molecule has 130 valence electrons. The van der Waals surface area contributed by atoms with Gasteiger partial charge in [0.15, 0.2) is 0 Å². The van der Waals surface area contributed by atoms with Gasteiger partial charge in [-0.2, -0.15) is 0 Å². The Bertz CT molecular complexity index is 1060. The Morgan fingerprint density at radius 3 is 2.58 bits per heavy atom. The van der Waals surface area contributed by atoms with Gasteiger partial charge in [0.05, 0.1) is 28.8 Å². The topological polar surface area (TPSA) is 72.4 Å². The molecule has 0 radical (unpaired) electrons. The molecule has 0 saturated heterocycles. The van der Waals surface area contributed by atoms with E-state index >= 15 is 0 Å². The fourth-order valence-electron chi connectivity index (χ4n) is 3.19. The van der Waals surface area contributed by atoms with E-state index in [4.69, 9.17) is 10.7 Å². The smallest absolute Gasteiger partial charge is 0.222 e. The second kappa shape index (κ2) is 6.98. The zero-order valence-corrected chi connectivity index (χ0v) is 14.3. The third-order valence-electron chi connectivity index (χ3n) is 4.53. The van der Waals surface area contributed by atoms with E-state index in [1.807, 2.05) is 72.9 Å². The molecule has 2 aromatic carbocycles. The molecule has 1 atom stereocenters. The van der Waals surface area contributed by atoms with Crippen molar-refractivity contribution in [3.8, 4) is 0 Å². The van der Waals surface area contributed by atoms with Crippen LogP contribution in [0.15, 0.2) is 72.9 Å². The van der Waals surface area contributed by atoms with Crippen molar-refractivity contribution in [2.45, 2.75) is 19.0 Å². The van der Waals surface area contributed by atoms with Crippen LogP contribution >= 0.6 is 0 Å². The second-order valence-electron chi connectivity index (χ2n) is 6.31. The molecule has 3 N–H and O–H groups in total. The molecule has 0 saturated carbocycles. The second-order valence-corrected chi connectivity index (χ2v) is 6.31. The van der Waals surface area contributed by atoms with Gasteiger partial charge in [0, 0.05) is 18.7 Å². The highest BCUT2D eigenvalue weighted by Crippen LogP contribution is 2.19. The van der Waals surface area contributed by atoms with Crippen molar-refractivity contribution in [1.29, 1.82) is 0 Å². The van der Waals surface area contributed by atoms with Crippen LogP contribution in [0.3, 0.4) is 0 Å². The number of carbonyl (C=O) groups excluding carboxylic acids is 1. The summed E-state index contributed by atoms with van der Waals surface area (Å²) < 4.78 is 2.10. The maximum absolute atomic E-state index is 12.3. The maximum atomic E-state index is 12.3. The Labute approximate surface area is 151 Å². The first-order chi connectivity index (χ1) is 12.7. The lowest BCUT2D eigenvalue weighted by molar-refractivity contribution is -0.121. The lowest BCUT2D eigenvalue weighted by Crippen LogP contribution is -2.27. The fraction of sp³-hybridized carbons (Fsp3) is 0.143. The summed E-state index contributed by atoms with van der Waals surface area (Å²) in [5, 5.41) is 2.95. The summed E-state index contributed by atoms with van der Waals surface area (Å²) in [6, 6.07) is 21.3.